The van der Waals surface area contributed by atoms with Gasteiger partial charge in [0.2, 0.25) is 0 Å². The van der Waals surface area contributed by atoms with E-state index < -0.39 is 46.3 Å². The van der Waals surface area contributed by atoms with Crippen LogP contribution in [0.2, 0.25) is 0 Å². The minimum atomic E-state index is -4.84. The van der Waals surface area contributed by atoms with E-state index in [2.05, 4.69) is 0 Å². The maximum atomic E-state index is 13.3. The summed E-state index contributed by atoms with van der Waals surface area (Å²) in [6.45, 7) is 0.935. The summed E-state index contributed by atoms with van der Waals surface area (Å²) in [6, 6.07) is 4.99. The van der Waals surface area contributed by atoms with Crippen LogP contribution in [0, 0.1) is 5.92 Å². The minimum absolute atomic E-state index is 0.191. The molecule has 0 saturated heterocycles. The third-order valence-electron chi connectivity index (χ3n) is 3.75. The molecule has 2 N–H and O–H groups in total. The number of rotatable bonds is 3. The highest BCUT2D eigenvalue weighted by atomic mass is 32.2. The number of carbonyl (C=O) groups excluding carboxylic acids is 1. The Morgan fingerprint density at radius 3 is 2.28 bits per heavy atom. The number of hydrogen-bond acceptors (Lipinski definition) is 3. The lowest BCUT2D eigenvalue weighted by molar-refractivity contribution is -0.129. The Kier molecular flexibility index (Phi) is 5.11. The molecular weight excluding hydrogens is 368 g/mol. The predicted octanol–water partition coefficient (Wildman–Crippen LogP) is 4.72. The fraction of sp³-hybridized carbons (Fsp3) is 0.312. The predicted molar refractivity (Wildman–Crippen MR) is 81.7 cm³/mol. The molecule has 1 aliphatic carbocycles. The monoisotopic (exact) mass is 381 g/mol. The van der Waals surface area contributed by atoms with Crippen molar-refractivity contribution in [1.82, 2.24) is 0 Å². The molecule has 9 heteroatoms. The maximum Gasteiger partial charge on any atom is 0.446 e. The third kappa shape index (κ3) is 4.09. The van der Waals surface area contributed by atoms with Crippen molar-refractivity contribution in [2.24, 2.45) is 11.7 Å². The molecule has 2 rings (SSSR count). The first kappa shape index (κ1) is 19.6. The van der Waals surface area contributed by atoms with E-state index in [4.69, 9.17) is 5.73 Å². The molecule has 1 aromatic rings. The second-order valence-electron chi connectivity index (χ2n) is 5.50. The molecule has 0 fully saturated rings. The van der Waals surface area contributed by atoms with Gasteiger partial charge in [-0.1, -0.05) is 36.4 Å². The van der Waals surface area contributed by atoms with Gasteiger partial charge in [0.05, 0.1) is 11.5 Å². The summed E-state index contributed by atoms with van der Waals surface area (Å²) >= 11 is -0.484. The Hall–Kier alpha value is -1.74. The van der Waals surface area contributed by atoms with Crippen LogP contribution in [0.3, 0.4) is 0 Å². The Morgan fingerprint density at radius 1 is 1.16 bits per heavy atom. The topological polar surface area (TPSA) is 43.1 Å². The molecule has 25 heavy (non-hydrogen) atoms. The average Bonchev–Trinajstić information content (AvgIpc) is 2.44. The van der Waals surface area contributed by atoms with Crippen LogP contribution in [0.4, 0.5) is 26.3 Å². The lowest BCUT2D eigenvalue weighted by atomic mass is 9.70. The zero-order valence-corrected chi connectivity index (χ0v) is 13.6. The zero-order valence-electron chi connectivity index (χ0n) is 12.8. The number of hydrogen-bond donors (Lipinski definition) is 1. The van der Waals surface area contributed by atoms with E-state index in [1.54, 1.807) is 0 Å². The highest BCUT2D eigenvalue weighted by molar-refractivity contribution is 8.00. The van der Waals surface area contributed by atoms with Gasteiger partial charge in [-0.05, 0) is 30.3 Å². The summed E-state index contributed by atoms with van der Waals surface area (Å²) in [7, 11) is 0. The van der Waals surface area contributed by atoms with Gasteiger partial charge in [0.1, 0.15) is 5.78 Å². The van der Waals surface area contributed by atoms with E-state index in [0.717, 1.165) is 31.2 Å². The Labute approximate surface area is 143 Å². The number of halogens is 6. The number of carbonyl (C=O) groups is 1. The van der Waals surface area contributed by atoms with E-state index in [0.29, 0.717) is 0 Å². The van der Waals surface area contributed by atoms with Gasteiger partial charge in [-0.25, -0.2) is 0 Å². The van der Waals surface area contributed by atoms with Crippen molar-refractivity contribution in [1.29, 1.82) is 0 Å². The SMILES string of the molecule is CC(=O)C1C(C(F)(F)F)=CC=CC1(N)c1ccccc1SC(F)(F)F. The largest absolute Gasteiger partial charge is 0.446 e. The molecule has 0 aromatic heterocycles. The van der Waals surface area contributed by atoms with Crippen molar-refractivity contribution in [2.45, 2.75) is 29.0 Å². The van der Waals surface area contributed by atoms with Gasteiger partial charge in [-0.3, -0.25) is 4.79 Å². The molecule has 0 spiro atoms. The molecule has 1 aliphatic rings. The fourth-order valence-electron chi connectivity index (χ4n) is 2.86. The first-order valence-electron chi connectivity index (χ1n) is 6.97. The quantitative estimate of drug-likeness (QED) is 0.609. The summed E-state index contributed by atoms with van der Waals surface area (Å²) in [4.78, 5) is 11.6. The summed E-state index contributed by atoms with van der Waals surface area (Å²) in [5, 5.41) is 0. The van der Waals surface area contributed by atoms with Crippen molar-refractivity contribution >= 4 is 17.5 Å². The van der Waals surface area contributed by atoms with Crippen molar-refractivity contribution < 1.29 is 31.1 Å². The molecule has 0 saturated carbocycles. The zero-order chi connectivity index (χ0) is 19.0. The van der Waals surface area contributed by atoms with Gasteiger partial charge >= 0.3 is 11.7 Å². The molecule has 0 amide bonds. The standard InChI is InChI=1S/C16H13F6NOS/c1-9(24)13-11(15(17,18)19)6-4-8-14(13,23)10-5-2-3-7-12(10)25-16(20,21)22/h2-8,13H,23H2,1H3. The lowest BCUT2D eigenvalue weighted by Crippen LogP contribution is -2.50. The van der Waals surface area contributed by atoms with Gasteiger partial charge in [0, 0.05) is 10.5 Å². The van der Waals surface area contributed by atoms with Gasteiger partial charge < -0.3 is 5.73 Å². The molecule has 0 aliphatic heterocycles. The number of alkyl halides is 6. The number of Topliss-reactive ketones (excluding diaryl/α,β-unsaturated/α-hetero) is 1. The molecule has 2 unspecified atom stereocenters. The summed E-state index contributed by atoms with van der Waals surface area (Å²) in [6.07, 6.45) is -1.98. The fourth-order valence-corrected chi connectivity index (χ4v) is 3.61. The van der Waals surface area contributed by atoms with Gasteiger partial charge in [0.25, 0.3) is 0 Å². The van der Waals surface area contributed by atoms with Crippen LogP contribution in [-0.2, 0) is 10.3 Å². The first-order valence-corrected chi connectivity index (χ1v) is 7.79. The summed E-state index contributed by atoms with van der Waals surface area (Å²) in [5.74, 6) is -2.73. The van der Waals surface area contributed by atoms with Crippen molar-refractivity contribution in [3.05, 3.63) is 53.6 Å². The van der Waals surface area contributed by atoms with Crippen LogP contribution in [0.5, 0.6) is 0 Å². The number of ketones is 1. The number of nitrogens with two attached hydrogens (primary N) is 1. The van der Waals surface area contributed by atoms with Gasteiger partial charge in [-0.15, -0.1) is 0 Å². The van der Waals surface area contributed by atoms with Crippen LogP contribution < -0.4 is 5.73 Å². The normalized spacial score (nSPS) is 24.2. The average molecular weight is 381 g/mol. The number of allylic oxidation sites excluding steroid dienone is 2. The van der Waals surface area contributed by atoms with Gasteiger partial charge in [0.15, 0.2) is 0 Å². The van der Waals surface area contributed by atoms with Crippen LogP contribution >= 0.6 is 11.8 Å². The van der Waals surface area contributed by atoms with E-state index in [1.165, 1.54) is 18.2 Å². The summed E-state index contributed by atoms with van der Waals surface area (Å²) < 4.78 is 78.2. The van der Waals surface area contributed by atoms with Crippen LogP contribution in [0.15, 0.2) is 53.0 Å². The van der Waals surface area contributed by atoms with Crippen LogP contribution in [0.1, 0.15) is 12.5 Å². The van der Waals surface area contributed by atoms with Gasteiger partial charge in [-0.2, -0.15) is 26.3 Å². The van der Waals surface area contributed by atoms with E-state index in [1.807, 2.05) is 0 Å². The van der Waals surface area contributed by atoms with E-state index >= 15 is 0 Å². The molecule has 1 aromatic carbocycles. The second-order valence-corrected chi connectivity index (χ2v) is 6.61. The Balaban J connectivity index is 2.63. The van der Waals surface area contributed by atoms with E-state index in [9.17, 15) is 31.1 Å². The second kappa shape index (κ2) is 6.53. The molecule has 136 valence electrons. The molecule has 0 heterocycles. The van der Waals surface area contributed by atoms with E-state index in [-0.39, 0.29) is 10.5 Å². The molecular formula is C16H13F6NOS. The first-order chi connectivity index (χ1) is 11.4. The molecule has 2 nitrogen and oxygen atoms in total. The highest BCUT2D eigenvalue weighted by Crippen LogP contribution is 2.48. The van der Waals surface area contributed by atoms with Crippen molar-refractivity contribution in [3.63, 3.8) is 0 Å². The number of benzene rings is 1. The Morgan fingerprint density at radius 2 is 1.76 bits per heavy atom. The van der Waals surface area contributed by atoms with Crippen molar-refractivity contribution in [3.8, 4) is 0 Å². The van der Waals surface area contributed by atoms with Crippen molar-refractivity contribution in [2.75, 3.05) is 0 Å². The third-order valence-corrected chi connectivity index (χ3v) is 4.56. The smallest absolute Gasteiger partial charge is 0.317 e. The molecule has 0 radical (unpaired) electrons. The molecule has 0 bridgehead atoms. The van der Waals surface area contributed by atoms with Crippen LogP contribution in [-0.4, -0.2) is 17.5 Å². The summed E-state index contributed by atoms with van der Waals surface area (Å²) in [5.41, 5.74) is -1.97. The Bertz CT molecular complexity index is 737. The molecule has 2 atom stereocenters. The lowest BCUT2D eigenvalue weighted by Gasteiger charge is -2.39. The van der Waals surface area contributed by atoms with Crippen LogP contribution in [0.25, 0.3) is 0 Å². The number of thioether (sulfide) groups is 1. The minimum Gasteiger partial charge on any atom is -0.317 e. The maximum absolute atomic E-state index is 13.3. The highest BCUT2D eigenvalue weighted by Gasteiger charge is 2.51.